The van der Waals surface area contributed by atoms with Gasteiger partial charge in [-0.1, -0.05) is 11.6 Å². The molecule has 7 nitrogen and oxygen atoms in total. The number of hydrogen-bond donors (Lipinski definition) is 1. The zero-order valence-corrected chi connectivity index (χ0v) is 16.3. The molecule has 2 rings (SSSR count). The Bertz CT molecular complexity index is 913. The molecule has 2 aromatic carbocycles. The minimum Gasteiger partial charge on any atom is -0.493 e. The maximum Gasteiger partial charge on any atom is 0.257 e. The summed E-state index contributed by atoms with van der Waals surface area (Å²) in [5.41, 5.74) is 0.796. The summed E-state index contributed by atoms with van der Waals surface area (Å²) in [6, 6.07) is 9.42. The summed E-state index contributed by atoms with van der Waals surface area (Å²) in [6.45, 7) is 0. The van der Waals surface area contributed by atoms with Crippen LogP contribution in [0.4, 0.5) is 11.4 Å². The Morgan fingerprint density at radius 3 is 2.12 bits per heavy atom. The summed E-state index contributed by atoms with van der Waals surface area (Å²) in [5.74, 6) is 0.110. The van der Waals surface area contributed by atoms with Crippen molar-refractivity contribution in [2.75, 3.05) is 37.1 Å². The highest BCUT2D eigenvalue weighted by molar-refractivity contribution is 7.92. The third-order valence-electron chi connectivity index (χ3n) is 3.69. The van der Waals surface area contributed by atoms with E-state index in [9.17, 15) is 13.2 Å². The molecular formula is C17H19ClN2O5S. The molecule has 0 aromatic heterocycles. The second-order valence-electron chi connectivity index (χ2n) is 5.42. The molecule has 9 heteroatoms. The predicted octanol–water partition coefficient (Wildman–Crippen LogP) is 3.01. The molecule has 0 atom stereocenters. The second-order valence-corrected chi connectivity index (χ2v) is 7.87. The smallest absolute Gasteiger partial charge is 0.257 e. The molecule has 0 saturated carbocycles. The van der Waals surface area contributed by atoms with Gasteiger partial charge in [0, 0.05) is 23.8 Å². The fourth-order valence-corrected chi connectivity index (χ4v) is 2.86. The van der Waals surface area contributed by atoms with E-state index in [4.69, 9.17) is 21.1 Å². The minimum absolute atomic E-state index is 0.116. The Kier molecular flexibility index (Phi) is 5.99. The maximum atomic E-state index is 12.8. The molecule has 0 unspecified atom stereocenters. The van der Waals surface area contributed by atoms with E-state index in [1.807, 2.05) is 0 Å². The third-order valence-corrected chi connectivity index (χ3v) is 5.13. The minimum atomic E-state index is -3.60. The SMILES string of the molecule is COc1cc(C(=O)Nc2ccc(Cl)cc2)c(N(C)S(C)(=O)=O)cc1OC. The van der Waals surface area contributed by atoms with Gasteiger partial charge in [0.25, 0.3) is 5.91 Å². The van der Waals surface area contributed by atoms with Crippen LogP contribution < -0.4 is 19.1 Å². The van der Waals surface area contributed by atoms with Crippen LogP contribution >= 0.6 is 11.6 Å². The number of nitrogens with zero attached hydrogens (tertiary/aromatic N) is 1. The molecule has 140 valence electrons. The summed E-state index contributed by atoms with van der Waals surface area (Å²) in [7, 11) is 0.617. The average molecular weight is 399 g/mol. The van der Waals surface area contributed by atoms with Crippen LogP contribution in [-0.4, -0.2) is 41.8 Å². The van der Waals surface area contributed by atoms with Crippen LogP contribution in [0.5, 0.6) is 11.5 Å². The van der Waals surface area contributed by atoms with Crippen molar-refractivity contribution in [2.45, 2.75) is 0 Å². The fourth-order valence-electron chi connectivity index (χ4n) is 2.22. The quantitative estimate of drug-likeness (QED) is 0.808. The average Bonchev–Trinajstić information content (AvgIpc) is 2.60. The number of sulfonamides is 1. The molecular weight excluding hydrogens is 380 g/mol. The lowest BCUT2D eigenvalue weighted by Crippen LogP contribution is -2.28. The monoisotopic (exact) mass is 398 g/mol. The van der Waals surface area contributed by atoms with Gasteiger partial charge in [0.15, 0.2) is 11.5 Å². The normalized spacial score (nSPS) is 11.0. The van der Waals surface area contributed by atoms with E-state index in [-0.39, 0.29) is 11.3 Å². The summed E-state index contributed by atoms with van der Waals surface area (Å²) < 4.78 is 35.4. The van der Waals surface area contributed by atoms with Crippen molar-refractivity contribution in [3.8, 4) is 11.5 Å². The van der Waals surface area contributed by atoms with Gasteiger partial charge in [-0.3, -0.25) is 9.10 Å². The van der Waals surface area contributed by atoms with Gasteiger partial charge in [-0.25, -0.2) is 8.42 Å². The van der Waals surface area contributed by atoms with Crippen molar-refractivity contribution >= 4 is 38.9 Å². The number of amides is 1. The number of anilines is 2. The highest BCUT2D eigenvalue weighted by Gasteiger charge is 2.23. The summed E-state index contributed by atoms with van der Waals surface area (Å²) >= 11 is 5.84. The molecule has 0 bridgehead atoms. The Balaban J connectivity index is 2.53. The molecule has 1 N–H and O–H groups in total. The molecule has 26 heavy (non-hydrogen) atoms. The van der Waals surface area contributed by atoms with Crippen LogP contribution in [-0.2, 0) is 10.0 Å². The summed E-state index contributed by atoms with van der Waals surface area (Å²) in [5, 5.41) is 3.24. The molecule has 0 fully saturated rings. The van der Waals surface area contributed by atoms with Gasteiger partial charge < -0.3 is 14.8 Å². The molecule has 2 aromatic rings. The lowest BCUT2D eigenvalue weighted by molar-refractivity contribution is 0.102. The first-order valence-electron chi connectivity index (χ1n) is 7.44. The number of carbonyl (C=O) groups excluding carboxylic acids is 1. The Hall–Kier alpha value is -2.45. The van der Waals surface area contributed by atoms with E-state index in [0.717, 1.165) is 10.6 Å². The topological polar surface area (TPSA) is 84.9 Å². The van der Waals surface area contributed by atoms with E-state index < -0.39 is 15.9 Å². The molecule has 0 aliphatic carbocycles. The number of halogens is 1. The molecule has 1 amide bonds. The zero-order valence-electron chi connectivity index (χ0n) is 14.7. The highest BCUT2D eigenvalue weighted by atomic mass is 35.5. The van der Waals surface area contributed by atoms with E-state index >= 15 is 0 Å². The van der Waals surface area contributed by atoms with Gasteiger partial charge >= 0.3 is 0 Å². The lowest BCUT2D eigenvalue weighted by atomic mass is 10.1. The highest BCUT2D eigenvalue weighted by Crippen LogP contribution is 2.36. The number of rotatable bonds is 6. The first-order valence-corrected chi connectivity index (χ1v) is 9.67. The Morgan fingerprint density at radius 1 is 1.08 bits per heavy atom. The maximum absolute atomic E-state index is 12.8. The predicted molar refractivity (Wildman–Crippen MR) is 102 cm³/mol. The number of methoxy groups -OCH3 is 2. The Labute approximate surface area is 157 Å². The van der Waals surface area contributed by atoms with E-state index in [2.05, 4.69) is 5.32 Å². The van der Waals surface area contributed by atoms with Crippen LogP contribution in [0.15, 0.2) is 36.4 Å². The molecule has 0 heterocycles. The third kappa shape index (κ3) is 4.39. The van der Waals surface area contributed by atoms with Gasteiger partial charge in [-0.05, 0) is 30.3 Å². The Morgan fingerprint density at radius 2 is 1.62 bits per heavy atom. The summed E-state index contributed by atoms with van der Waals surface area (Å²) in [4.78, 5) is 12.8. The first-order chi connectivity index (χ1) is 12.2. The van der Waals surface area contributed by atoms with Gasteiger partial charge in [-0.15, -0.1) is 0 Å². The van der Waals surface area contributed by atoms with Crippen LogP contribution in [0, 0.1) is 0 Å². The van der Waals surface area contributed by atoms with Crippen molar-refractivity contribution in [2.24, 2.45) is 0 Å². The summed E-state index contributed by atoms with van der Waals surface area (Å²) in [6.07, 6.45) is 1.05. The van der Waals surface area contributed by atoms with Crippen molar-refractivity contribution < 1.29 is 22.7 Å². The van der Waals surface area contributed by atoms with Crippen LogP contribution in [0.25, 0.3) is 0 Å². The fraction of sp³-hybridized carbons (Fsp3) is 0.235. The van der Waals surface area contributed by atoms with Gasteiger partial charge in [0.1, 0.15) is 0 Å². The van der Waals surface area contributed by atoms with Crippen LogP contribution in [0.1, 0.15) is 10.4 Å². The van der Waals surface area contributed by atoms with Gasteiger partial charge in [0.05, 0.1) is 31.7 Å². The lowest BCUT2D eigenvalue weighted by Gasteiger charge is -2.22. The van der Waals surface area contributed by atoms with Gasteiger partial charge in [-0.2, -0.15) is 0 Å². The van der Waals surface area contributed by atoms with E-state index in [1.165, 1.54) is 33.4 Å². The number of carbonyl (C=O) groups is 1. The van der Waals surface area contributed by atoms with Crippen molar-refractivity contribution in [1.82, 2.24) is 0 Å². The van der Waals surface area contributed by atoms with Crippen molar-refractivity contribution in [3.63, 3.8) is 0 Å². The van der Waals surface area contributed by atoms with Crippen LogP contribution in [0.3, 0.4) is 0 Å². The molecule has 0 saturated heterocycles. The zero-order chi connectivity index (χ0) is 19.5. The molecule has 0 radical (unpaired) electrons. The van der Waals surface area contributed by atoms with Crippen molar-refractivity contribution in [3.05, 3.63) is 47.0 Å². The van der Waals surface area contributed by atoms with Crippen molar-refractivity contribution in [1.29, 1.82) is 0 Å². The first kappa shape index (κ1) is 19.9. The molecule has 0 aliphatic rings. The number of ether oxygens (including phenoxy) is 2. The largest absolute Gasteiger partial charge is 0.493 e. The van der Waals surface area contributed by atoms with E-state index in [0.29, 0.717) is 22.2 Å². The number of hydrogen-bond acceptors (Lipinski definition) is 5. The molecule has 0 aliphatic heterocycles. The molecule has 0 spiro atoms. The van der Waals surface area contributed by atoms with Crippen LogP contribution in [0.2, 0.25) is 5.02 Å². The van der Waals surface area contributed by atoms with E-state index in [1.54, 1.807) is 24.3 Å². The standard InChI is InChI=1S/C17H19ClN2O5S/c1-20(26(4,22)23)14-10-16(25-3)15(24-2)9-13(14)17(21)19-12-7-5-11(18)6-8-12/h5-10H,1-4H3,(H,19,21). The van der Waals surface area contributed by atoms with Gasteiger partial charge in [0.2, 0.25) is 10.0 Å². The second kappa shape index (κ2) is 7.84. The number of benzene rings is 2. The number of nitrogens with one attached hydrogen (secondary N) is 1.